The maximum absolute atomic E-state index is 12.3. The molecule has 0 unspecified atom stereocenters. The van der Waals surface area contributed by atoms with E-state index in [1.807, 2.05) is 6.92 Å². The number of aromatic nitrogens is 3. The van der Waals surface area contributed by atoms with E-state index in [0.29, 0.717) is 22.7 Å². The molecule has 0 aliphatic carbocycles. The summed E-state index contributed by atoms with van der Waals surface area (Å²) in [5.41, 5.74) is 4.24. The van der Waals surface area contributed by atoms with Crippen LogP contribution in [0.4, 0.5) is 11.5 Å². The molecule has 0 radical (unpaired) electrons. The van der Waals surface area contributed by atoms with Crippen molar-refractivity contribution in [2.24, 2.45) is 0 Å². The first-order chi connectivity index (χ1) is 14.0. The molecule has 3 heterocycles. The lowest BCUT2D eigenvalue weighted by molar-refractivity contribution is 0.0517. The zero-order valence-corrected chi connectivity index (χ0v) is 17.2. The van der Waals surface area contributed by atoms with Crippen molar-refractivity contribution in [2.45, 2.75) is 27.7 Å². The van der Waals surface area contributed by atoms with Crippen molar-refractivity contribution < 1.29 is 14.1 Å². The van der Waals surface area contributed by atoms with Gasteiger partial charge in [-0.2, -0.15) is 4.98 Å². The third-order valence-electron chi connectivity index (χ3n) is 5.18. The van der Waals surface area contributed by atoms with Crippen LogP contribution in [0.3, 0.4) is 0 Å². The van der Waals surface area contributed by atoms with Crippen LogP contribution in [-0.4, -0.2) is 53.9 Å². The van der Waals surface area contributed by atoms with Gasteiger partial charge in [0.25, 0.3) is 5.71 Å². The second-order valence-electron chi connectivity index (χ2n) is 7.29. The molecule has 8 nitrogen and oxygen atoms in total. The van der Waals surface area contributed by atoms with Gasteiger partial charge in [-0.3, -0.25) is 0 Å². The number of nitrogens with zero attached hydrogens (tertiary/aromatic N) is 5. The largest absolute Gasteiger partial charge is 0.461 e. The molecule has 0 saturated carbocycles. The summed E-state index contributed by atoms with van der Waals surface area (Å²) in [5, 5.41) is 4.43. The van der Waals surface area contributed by atoms with Crippen molar-refractivity contribution >= 4 is 28.6 Å². The van der Waals surface area contributed by atoms with Crippen LogP contribution < -0.4 is 9.80 Å². The Balaban J connectivity index is 1.63. The molecule has 0 amide bonds. The molecule has 1 aliphatic heterocycles. The highest BCUT2D eigenvalue weighted by molar-refractivity contribution is 6.04. The van der Waals surface area contributed by atoms with E-state index in [-0.39, 0.29) is 12.3 Å². The van der Waals surface area contributed by atoms with Gasteiger partial charge >= 0.3 is 5.97 Å². The third-order valence-corrected chi connectivity index (χ3v) is 5.18. The lowest BCUT2D eigenvalue weighted by Crippen LogP contribution is -2.47. The number of fused-ring (bicyclic) bond motifs is 1. The first kappa shape index (κ1) is 19.2. The average Bonchev–Trinajstić information content (AvgIpc) is 3.13. The van der Waals surface area contributed by atoms with Gasteiger partial charge in [-0.15, -0.1) is 0 Å². The van der Waals surface area contributed by atoms with Crippen molar-refractivity contribution in [3.8, 4) is 0 Å². The van der Waals surface area contributed by atoms with Crippen molar-refractivity contribution in [1.29, 1.82) is 0 Å². The molecule has 8 heteroatoms. The first-order valence-corrected chi connectivity index (χ1v) is 9.86. The van der Waals surface area contributed by atoms with Crippen molar-refractivity contribution in [2.75, 3.05) is 42.6 Å². The number of esters is 1. The highest BCUT2D eigenvalue weighted by Gasteiger charge is 2.28. The molecule has 0 atom stereocenters. The van der Waals surface area contributed by atoms with Gasteiger partial charge in [-0.25, -0.2) is 9.78 Å². The molecule has 0 N–H and O–H groups in total. The number of piperazine rings is 1. The quantitative estimate of drug-likeness (QED) is 0.623. The number of rotatable bonds is 4. The number of anilines is 2. The predicted molar refractivity (Wildman–Crippen MR) is 111 cm³/mol. The fraction of sp³-hybridized carbons (Fsp3) is 0.429. The molecular formula is C21H25N5O3. The van der Waals surface area contributed by atoms with Crippen LogP contribution in [0.5, 0.6) is 0 Å². The minimum Gasteiger partial charge on any atom is -0.461 e. The van der Waals surface area contributed by atoms with E-state index in [0.717, 1.165) is 26.2 Å². The van der Waals surface area contributed by atoms with Gasteiger partial charge in [-0.05, 0) is 44.9 Å². The molecule has 0 spiro atoms. The van der Waals surface area contributed by atoms with Crippen LogP contribution in [0.15, 0.2) is 22.7 Å². The summed E-state index contributed by atoms with van der Waals surface area (Å²) in [6.45, 7) is 11.3. The molecule has 1 fully saturated rings. The van der Waals surface area contributed by atoms with Gasteiger partial charge in [0.1, 0.15) is 17.0 Å². The Morgan fingerprint density at radius 2 is 1.83 bits per heavy atom. The number of benzene rings is 1. The van der Waals surface area contributed by atoms with Crippen LogP contribution in [-0.2, 0) is 4.74 Å². The smallest absolute Gasteiger partial charge is 0.361 e. The molecule has 2 aromatic heterocycles. The Morgan fingerprint density at radius 3 is 2.55 bits per heavy atom. The second kappa shape index (κ2) is 7.69. The number of ether oxygens (including phenoxy) is 1. The van der Waals surface area contributed by atoms with Crippen molar-refractivity contribution in [1.82, 2.24) is 15.1 Å². The number of hydrogen-bond acceptors (Lipinski definition) is 8. The van der Waals surface area contributed by atoms with E-state index in [4.69, 9.17) is 9.26 Å². The maximum Gasteiger partial charge on any atom is 0.361 e. The zero-order valence-electron chi connectivity index (χ0n) is 17.2. The van der Waals surface area contributed by atoms with Crippen LogP contribution in [0, 0.1) is 20.8 Å². The summed E-state index contributed by atoms with van der Waals surface area (Å²) in [5.74, 6) is 0.738. The van der Waals surface area contributed by atoms with E-state index in [9.17, 15) is 4.79 Å². The normalized spacial score (nSPS) is 14.5. The van der Waals surface area contributed by atoms with E-state index >= 15 is 0 Å². The first-order valence-electron chi connectivity index (χ1n) is 9.86. The SMILES string of the molecule is CCOC(=O)c1noc2nc(C)nc(N3CCN(c4cc(C)ccc4C)CC3)c12. The summed E-state index contributed by atoms with van der Waals surface area (Å²) >= 11 is 0. The highest BCUT2D eigenvalue weighted by Crippen LogP contribution is 2.30. The third kappa shape index (κ3) is 3.62. The summed E-state index contributed by atoms with van der Waals surface area (Å²) in [6.07, 6.45) is 0. The number of carbonyl (C=O) groups excluding carboxylic acids is 1. The summed E-state index contributed by atoms with van der Waals surface area (Å²) in [6, 6.07) is 6.53. The molecular weight excluding hydrogens is 370 g/mol. The average molecular weight is 395 g/mol. The molecule has 4 rings (SSSR count). The molecule has 1 aliphatic rings. The van der Waals surface area contributed by atoms with Crippen LogP contribution >= 0.6 is 0 Å². The van der Waals surface area contributed by atoms with Crippen LogP contribution in [0.1, 0.15) is 34.4 Å². The van der Waals surface area contributed by atoms with E-state index in [1.54, 1.807) is 6.92 Å². The Labute approximate surface area is 169 Å². The summed E-state index contributed by atoms with van der Waals surface area (Å²) < 4.78 is 10.4. The van der Waals surface area contributed by atoms with E-state index < -0.39 is 5.97 Å². The van der Waals surface area contributed by atoms with Gasteiger partial charge in [0, 0.05) is 31.9 Å². The second-order valence-corrected chi connectivity index (χ2v) is 7.29. The molecule has 3 aromatic rings. The molecule has 1 saturated heterocycles. The molecule has 29 heavy (non-hydrogen) atoms. The molecule has 1 aromatic carbocycles. The standard InChI is InChI=1S/C21H25N5O3/c1-5-28-21(27)18-17-19(22-15(4)23-20(17)29-24-18)26-10-8-25(9-11-26)16-12-13(2)6-7-14(16)3/h6-7,12H,5,8-11H2,1-4H3. The van der Waals surface area contributed by atoms with E-state index in [1.165, 1.54) is 16.8 Å². The topological polar surface area (TPSA) is 84.6 Å². The number of hydrogen-bond donors (Lipinski definition) is 0. The lowest BCUT2D eigenvalue weighted by atomic mass is 10.1. The Bertz CT molecular complexity index is 1050. The minimum atomic E-state index is -0.519. The van der Waals surface area contributed by atoms with Gasteiger partial charge in [0.2, 0.25) is 5.69 Å². The summed E-state index contributed by atoms with van der Waals surface area (Å²) in [7, 11) is 0. The van der Waals surface area contributed by atoms with Crippen LogP contribution in [0.25, 0.3) is 11.1 Å². The fourth-order valence-corrected chi connectivity index (χ4v) is 3.73. The molecule has 152 valence electrons. The number of carbonyl (C=O) groups is 1. The van der Waals surface area contributed by atoms with Crippen LogP contribution in [0.2, 0.25) is 0 Å². The van der Waals surface area contributed by atoms with Crippen molar-refractivity contribution in [3.63, 3.8) is 0 Å². The Kier molecular flexibility index (Phi) is 5.08. The Morgan fingerprint density at radius 1 is 1.10 bits per heavy atom. The monoisotopic (exact) mass is 395 g/mol. The van der Waals surface area contributed by atoms with Gasteiger partial charge in [0.15, 0.2) is 0 Å². The van der Waals surface area contributed by atoms with Gasteiger partial charge in [0.05, 0.1) is 6.61 Å². The van der Waals surface area contributed by atoms with E-state index in [2.05, 4.69) is 57.0 Å². The van der Waals surface area contributed by atoms with Gasteiger partial charge in [-0.1, -0.05) is 17.3 Å². The fourth-order valence-electron chi connectivity index (χ4n) is 3.73. The molecule has 0 bridgehead atoms. The summed E-state index contributed by atoms with van der Waals surface area (Å²) in [4.78, 5) is 25.8. The van der Waals surface area contributed by atoms with Crippen molar-refractivity contribution in [3.05, 3.63) is 40.8 Å². The predicted octanol–water partition coefficient (Wildman–Crippen LogP) is 3.05. The van der Waals surface area contributed by atoms with Gasteiger partial charge < -0.3 is 19.1 Å². The number of aryl methyl sites for hydroxylation is 3. The maximum atomic E-state index is 12.3. The lowest BCUT2D eigenvalue weighted by Gasteiger charge is -2.37. The minimum absolute atomic E-state index is 0.133. The highest BCUT2D eigenvalue weighted by atomic mass is 16.5. The Hall–Kier alpha value is -3.16. The zero-order chi connectivity index (χ0) is 20.5.